The first-order valence-electron chi connectivity index (χ1n) is 25.0. The fourth-order valence-electron chi connectivity index (χ4n) is 7.72. The number of likely N-dealkylation sites (N-methyl/N-ethyl adjacent to an activating group) is 2. The van der Waals surface area contributed by atoms with Gasteiger partial charge in [0.25, 0.3) is 0 Å². The van der Waals surface area contributed by atoms with E-state index in [1.54, 1.807) is 48.5 Å². The van der Waals surface area contributed by atoms with E-state index in [4.69, 9.17) is 17.2 Å². The molecule has 1 aliphatic heterocycles. The van der Waals surface area contributed by atoms with E-state index in [-0.39, 0.29) is 68.9 Å². The first-order chi connectivity index (χ1) is 33.8. The molecule has 1 heterocycles. The molecule has 0 bridgehead atoms. The van der Waals surface area contributed by atoms with Crippen molar-refractivity contribution in [3.63, 3.8) is 0 Å². The van der Waals surface area contributed by atoms with Crippen LogP contribution in [0.1, 0.15) is 127 Å². The predicted molar refractivity (Wildman–Crippen MR) is 268 cm³/mol. The second kappa shape index (κ2) is 32.4. The Morgan fingerprint density at radius 1 is 0.681 bits per heavy atom. The Hall–Kier alpha value is -6.56. The van der Waals surface area contributed by atoms with Gasteiger partial charge in [-0.3, -0.25) is 57.7 Å². The van der Waals surface area contributed by atoms with Crippen molar-refractivity contribution in [2.75, 3.05) is 39.8 Å². The third-order valence-electron chi connectivity index (χ3n) is 12.0. The van der Waals surface area contributed by atoms with E-state index < -0.39 is 114 Å². The molecule has 14 N–H and O–H groups in total. The molecule has 25 nitrogen and oxygen atoms in total. The van der Waals surface area contributed by atoms with Gasteiger partial charge in [0.1, 0.15) is 42.3 Å². The third-order valence-corrected chi connectivity index (χ3v) is 12.0. The molecule has 1 fully saturated rings. The average Bonchev–Trinajstić information content (AvgIpc) is 3.80. The molecule has 0 aromatic rings. The van der Waals surface area contributed by atoms with Crippen LogP contribution in [0.15, 0.2) is 4.99 Å². The number of hydrogen-bond donors (Lipinski definition) is 11. The minimum Gasteiger partial charge on any atom is -0.370 e. The lowest BCUT2D eigenvalue weighted by Crippen LogP contribution is -2.61. The third kappa shape index (κ3) is 22.7. The summed E-state index contributed by atoms with van der Waals surface area (Å²) < 4.78 is 0. The van der Waals surface area contributed by atoms with Gasteiger partial charge < -0.3 is 69.5 Å². The molecule has 1 saturated heterocycles. The monoisotopic (exact) mass is 1020 g/mol. The number of aliphatic imine (C=N–C) groups is 1. The molecule has 0 spiro atoms. The minimum atomic E-state index is -1.44. The van der Waals surface area contributed by atoms with Gasteiger partial charge >= 0.3 is 0 Å². The zero-order valence-corrected chi connectivity index (χ0v) is 43.9. The molecule has 0 radical (unpaired) electrons. The van der Waals surface area contributed by atoms with Gasteiger partial charge in [-0.25, -0.2) is 0 Å². The van der Waals surface area contributed by atoms with Crippen molar-refractivity contribution < 1.29 is 52.7 Å². The molecule has 1 aliphatic rings. The van der Waals surface area contributed by atoms with Gasteiger partial charge in [0.05, 0.1) is 13.1 Å². The molecule has 72 heavy (non-hydrogen) atoms. The van der Waals surface area contributed by atoms with Gasteiger partial charge in [-0.15, -0.1) is 0 Å². The van der Waals surface area contributed by atoms with E-state index in [1.165, 1.54) is 18.9 Å². The number of nitrogens with one attached hydrogen (secondary N) is 8. The fourth-order valence-corrected chi connectivity index (χ4v) is 7.72. The van der Waals surface area contributed by atoms with Crippen LogP contribution in [0.25, 0.3) is 0 Å². The van der Waals surface area contributed by atoms with Gasteiger partial charge in [0.15, 0.2) is 5.96 Å². The fraction of sp³-hybridized carbons (Fsp3) is 0.745. The standard InChI is InChI=1S/C47H84N14O11/c1-11-16-30(41(67)59-39(28(8)12-2)45(71)56-32(17-14-21-52-47(49)50)46(72)61-22-15-18-34(61)43(69)51-13-3)54-40(66)31(19-20-35(48)63)55-42(68)33(23-26(4)5)57-44(70)38(27(6)7)58-36(64)24-53-37(65)25-60(10)29(9)62/h26-28,30-34,38-39H,11-25H2,1-10H3,(H2,48,63)(H,51,69)(H,53,65)(H,54,66)(H,55,68)(H,56,71)(H,57,70)(H,58,64)(H,59,67)(H4,49,50,52)/t28-,30-,31-,32-,33+,34-,38-,39-/m0/s1. The van der Waals surface area contributed by atoms with Crippen LogP contribution in [0.5, 0.6) is 0 Å². The maximum atomic E-state index is 14.2. The number of carbonyl (C=O) groups excluding carboxylic acids is 11. The Kier molecular flexibility index (Phi) is 28.6. The summed E-state index contributed by atoms with van der Waals surface area (Å²) in [5.41, 5.74) is 16.4. The number of rotatable bonds is 32. The number of primary amides is 1. The lowest BCUT2D eigenvalue weighted by atomic mass is 9.96. The van der Waals surface area contributed by atoms with Crippen molar-refractivity contribution in [3.05, 3.63) is 0 Å². The lowest BCUT2D eigenvalue weighted by Gasteiger charge is -2.31. The normalized spacial score (nSPS) is 16.1. The zero-order valence-electron chi connectivity index (χ0n) is 43.9. The van der Waals surface area contributed by atoms with Crippen LogP contribution in [0.3, 0.4) is 0 Å². The number of guanidine groups is 1. The van der Waals surface area contributed by atoms with Gasteiger partial charge in [-0.1, -0.05) is 61.3 Å². The number of hydrogen-bond acceptors (Lipinski definition) is 12. The maximum Gasteiger partial charge on any atom is 0.245 e. The largest absolute Gasteiger partial charge is 0.370 e. The molecule has 0 saturated carbocycles. The SMILES string of the molecule is CCC[C@H](NC(=O)[C@H](CCC(N)=O)NC(=O)[C@@H](CC(C)C)NC(=O)[C@@H](NC(=O)CNC(=O)CN(C)C(C)=O)C(C)C)C(=O)N[C@H](C(=O)N[C@@H](CCCN=C(N)N)C(=O)N1CCC[C@H]1C(=O)NCC)[C@@H](C)CC. The second-order valence-corrected chi connectivity index (χ2v) is 19.0. The number of amides is 11. The molecular formula is C47H84N14O11. The molecule has 25 heteroatoms. The van der Waals surface area contributed by atoms with E-state index in [2.05, 4.69) is 47.5 Å². The highest BCUT2D eigenvalue weighted by atomic mass is 16.2. The molecular weight excluding hydrogens is 937 g/mol. The van der Waals surface area contributed by atoms with Crippen LogP contribution in [0.2, 0.25) is 0 Å². The lowest BCUT2D eigenvalue weighted by molar-refractivity contribution is -0.142. The van der Waals surface area contributed by atoms with Crippen LogP contribution < -0.4 is 59.7 Å². The van der Waals surface area contributed by atoms with Crippen molar-refractivity contribution in [1.82, 2.24) is 52.3 Å². The van der Waals surface area contributed by atoms with Crippen LogP contribution >= 0.6 is 0 Å². The Labute approximate surface area is 423 Å². The van der Waals surface area contributed by atoms with Crippen LogP contribution in [-0.4, -0.2) is 163 Å². The highest BCUT2D eigenvalue weighted by Gasteiger charge is 2.39. The Balaban J connectivity index is 3.38. The van der Waals surface area contributed by atoms with Gasteiger partial charge in [0.2, 0.25) is 65.0 Å². The Morgan fingerprint density at radius 2 is 1.25 bits per heavy atom. The van der Waals surface area contributed by atoms with Crippen molar-refractivity contribution in [2.45, 2.75) is 169 Å². The van der Waals surface area contributed by atoms with E-state index >= 15 is 0 Å². The highest BCUT2D eigenvalue weighted by Crippen LogP contribution is 2.21. The van der Waals surface area contributed by atoms with E-state index in [1.807, 2.05) is 6.92 Å². The summed E-state index contributed by atoms with van der Waals surface area (Å²) in [6.45, 7) is 15.3. The first kappa shape index (κ1) is 63.5. The van der Waals surface area contributed by atoms with Gasteiger partial charge in [-0.2, -0.15) is 0 Å². The summed E-state index contributed by atoms with van der Waals surface area (Å²) in [6.07, 6.45) is 1.73. The summed E-state index contributed by atoms with van der Waals surface area (Å²) in [5.74, 6) is -8.37. The Bertz CT molecular complexity index is 1910. The van der Waals surface area contributed by atoms with Crippen LogP contribution in [0, 0.1) is 17.8 Å². The highest BCUT2D eigenvalue weighted by molar-refractivity contribution is 5.98. The second-order valence-electron chi connectivity index (χ2n) is 19.0. The summed E-state index contributed by atoms with van der Waals surface area (Å²) in [5, 5.41) is 21.2. The van der Waals surface area contributed by atoms with Crippen molar-refractivity contribution in [3.8, 4) is 0 Å². The minimum absolute atomic E-state index is 0.0790. The van der Waals surface area contributed by atoms with Crippen molar-refractivity contribution in [2.24, 2.45) is 39.9 Å². The summed E-state index contributed by atoms with van der Waals surface area (Å²) in [7, 11) is 1.42. The topological polar surface area (TPSA) is 381 Å². The van der Waals surface area contributed by atoms with Crippen LogP contribution in [-0.2, 0) is 52.7 Å². The molecule has 408 valence electrons. The summed E-state index contributed by atoms with van der Waals surface area (Å²) in [4.78, 5) is 152. The molecule has 1 rings (SSSR count). The molecule has 0 aromatic carbocycles. The van der Waals surface area contributed by atoms with Crippen molar-refractivity contribution >= 4 is 70.9 Å². The van der Waals surface area contributed by atoms with E-state index in [0.717, 1.165) is 4.90 Å². The number of carbonyl (C=O) groups is 11. The Morgan fingerprint density at radius 3 is 1.79 bits per heavy atom. The first-order valence-corrected chi connectivity index (χ1v) is 25.0. The smallest absolute Gasteiger partial charge is 0.245 e. The molecule has 11 amide bonds. The molecule has 0 unspecified atom stereocenters. The number of nitrogens with zero attached hydrogens (tertiary/aromatic N) is 3. The molecule has 0 aliphatic carbocycles. The predicted octanol–water partition coefficient (Wildman–Crippen LogP) is -2.52. The molecule has 8 atom stereocenters. The summed E-state index contributed by atoms with van der Waals surface area (Å²) in [6, 6.07) is -8.16. The van der Waals surface area contributed by atoms with Gasteiger partial charge in [0, 0.05) is 40.0 Å². The number of nitrogens with two attached hydrogens (primary N) is 3. The van der Waals surface area contributed by atoms with E-state index in [9.17, 15) is 52.7 Å². The quantitative estimate of drug-likeness (QED) is 0.0189. The average molecular weight is 1020 g/mol. The summed E-state index contributed by atoms with van der Waals surface area (Å²) >= 11 is 0. The molecule has 0 aromatic heterocycles. The zero-order chi connectivity index (χ0) is 54.8. The van der Waals surface area contributed by atoms with Crippen LogP contribution in [0.4, 0.5) is 0 Å². The van der Waals surface area contributed by atoms with Crippen molar-refractivity contribution in [1.29, 1.82) is 0 Å². The maximum absolute atomic E-state index is 14.2. The number of likely N-dealkylation sites (tertiary alicyclic amines) is 1. The van der Waals surface area contributed by atoms with E-state index in [0.29, 0.717) is 45.2 Å². The van der Waals surface area contributed by atoms with Gasteiger partial charge in [-0.05, 0) is 69.6 Å².